The number of thioether (sulfide) groups is 1. The first-order valence-electron chi connectivity index (χ1n) is 5.51. The van der Waals surface area contributed by atoms with Gasteiger partial charge in [-0.15, -0.1) is 0 Å². The van der Waals surface area contributed by atoms with Crippen molar-refractivity contribution in [3.05, 3.63) is 18.2 Å². The maximum absolute atomic E-state index is 6.02. The Labute approximate surface area is 101 Å². The molecule has 1 aromatic carbocycles. The summed E-state index contributed by atoms with van der Waals surface area (Å²) in [6.07, 6.45) is 0. The number of hydrogen-bond donors (Lipinski definition) is 1. The van der Waals surface area contributed by atoms with Crippen molar-refractivity contribution in [2.75, 3.05) is 36.6 Å². The second-order valence-corrected chi connectivity index (χ2v) is 5.60. The average Bonchev–Trinajstić information content (AvgIpc) is 2.30. The number of benzene rings is 1. The van der Waals surface area contributed by atoms with E-state index in [4.69, 9.17) is 10.5 Å². The fraction of sp³-hybridized carbons (Fsp3) is 0.500. The quantitative estimate of drug-likeness (QED) is 0.802. The van der Waals surface area contributed by atoms with Gasteiger partial charge in [0.15, 0.2) is 0 Å². The van der Waals surface area contributed by atoms with Crippen LogP contribution in [0.25, 0.3) is 0 Å². The molecule has 16 heavy (non-hydrogen) atoms. The Kier molecular flexibility index (Phi) is 3.49. The Morgan fingerprint density at radius 2 is 2.31 bits per heavy atom. The molecule has 1 atom stereocenters. The van der Waals surface area contributed by atoms with E-state index in [9.17, 15) is 0 Å². The molecule has 0 bridgehead atoms. The van der Waals surface area contributed by atoms with Crippen LogP contribution in [0.1, 0.15) is 6.92 Å². The maximum atomic E-state index is 6.02. The van der Waals surface area contributed by atoms with Gasteiger partial charge in [0.2, 0.25) is 0 Å². The fourth-order valence-electron chi connectivity index (χ4n) is 1.96. The van der Waals surface area contributed by atoms with Crippen molar-refractivity contribution in [1.82, 2.24) is 0 Å². The first-order valence-corrected chi connectivity index (χ1v) is 6.55. The predicted octanol–water partition coefficient (Wildman–Crippen LogP) is 2.22. The second kappa shape index (κ2) is 4.87. The van der Waals surface area contributed by atoms with Crippen LogP contribution in [-0.2, 0) is 0 Å². The molecule has 88 valence electrons. The van der Waals surface area contributed by atoms with E-state index in [1.807, 2.05) is 30.0 Å². The molecule has 1 saturated heterocycles. The number of ether oxygens (including phenoxy) is 1. The maximum Gasteiger partial charge on any atom is 0.121 e. The molecule has 0 aliphatic carbocycles. The van der Waals surface area contributed by atoms with E-state index >= 15 is 0 Å². The summed E-state index contributed by atoms with van der Waals surface area (Å²) in [5, 5.41) is 0.666. The molecule has 2 N–H and O–H groups in total. The van der Waals surface area contributed by atoms with E-state index in [0.29, 0.717) is 5.25 Å². The molecule has 2 rings (SSSR count). The van der Waals surface area contributed by atoms with Gasteiger partial charge in [-0.05, 0) is 12.1 Å². The third kappa shape index (κ3) is 2.38. The topological polar surface area (TPSA) is 38.5 Å². The molecule has 0 amide bonds. The minimum absolute atomic E-state index is 0.666. The molecule has 0 saturated carbocycles. The summed E-state index contributed by atoms with van der Waals surface area (Å²) in [4.78, 5) is 2.35. The molecule has 0 aromatic heterocycles. The van der Waals surface area contributed by atoms with Crippen LogP contribution in [0.2, 0.25) is 0 Å². The van der Waals surface area contributed by atoms with Crippen molar-refractivity contribution in [3.8, 4) is 5.75 Å². The first kappa shape index (κ1) is 11.5. The van der Waals surface area contributed by atoms with Gasteiger partial charge in [-0.3, -0.25) is 0 Å². The van der Waals surface area contributed by atoms with Gasteiger partial charge in [-0.1, -0.05) is 6.92 Å². The van der Waals surface area contributed by atoms with Crippen LogP contribution in [0.15, 0.2) is 18.2 Å². The Morgan fingerprint density at radius 1 is 1.50 bits per heavy atom. The molecule has 1 fully saturated rings. The number of methoxy groups -OCH3 is 1. The Bertz CT molecular complexity index is 370. The molecule has 1 aromatic rings. The van der Waals surface area contributed by atoms with E-state index < -0.39 is 0 Å². The summed E-state index contributed by atoms with van der Waals surface area (Å²) in [6, 6.07) is 5.85. The summed E-state index contributed by atoms with van der Waals surface area (Å²) in [6.45, 7) is 4.38. The van der Waals surface area contributed by atoms with Crippen LogP contribution in [0.4, 0.5) is 11.4 Å². The van der Waals surface area contributed by atoms with Crippen molar-refractivity contribution < 1.29 is 4.74 Å². The van der Waals surface area contributed by atoms with Crippen LogP contribution >= 0.6 is 11.8 Å². The highest BCUT2D eigenvalue weighted by Crippen LogP contribution is 2.31. The van der Waals surface area contributed by atoms with Crippen LogP contribution in [0, 0.1) is 0 Å². The number of nitrogens with zero attached hydrogens (tertiary/aromatic N) is 1. The van der Waals surface area contributed by atoms with Gasteiger partial charge < -0.3 is 15.4 Å². The summed E-state index contributed by atoms with van der Waals surface area (Å²) >= 11 is 2.02. The van der Waals surface area contributed by atoms with Gasteiger partial charge in [0, 0.05) is 30.2 Å². The van der Waals surface area contributed by atoms with Crippen molar-refractivity contribution in [2.45, 2.75) is 12.2 Å². The van der Waals surface area contributed by atoms with Gasteiger partial charge in [-0.25, -0.2) is 0 Å². The first-order chi connectivity index (χ1) is 7.70. The van der Waals surface area contributed by atoms with E-state index in [1.54, 1.807) is 7.11 Å². The van der Waals surface area contributed by atoms with Crippen molar-refractivity contribution in [1.29, 1.82) is 0 Å². The number of nitrogen functional groups attached to an aromatic ring is 1. The Balaban J connectivity index is 2.24. The van der Waals surface area contributed by atoms with Crippen molar-refractivity contribution >= 4 is 23.1 Å². The normalized spacial score (nSPS) is 20.9. The molecule has 0 spiro atoms. The zero-order chi connectivity index (χ0) is 11.5. The minimum Gasteiger partial charge on any atom is -0.497 e. The molecule has 1 unspecified atom stereocenters. The predicted molar refractivity (Wildman–Crippen MR) is 71.5 cm³/mol. The largest absolute Gasteiger partial charge is 0.497 e. The van der Waals surface area contributed by atoms with Gasteiger partial charge in [-0.2, -0.15) is 11.8 Å². The SMILES string of the molecule is COc1ccc(N)c(N2CCSC(C)C2)c1. The third-order valence-electron chi connectivity index (χ3n) is 2.82. The van der Waals surface area contributed by atoms with Crippen molar-refractivity contribution in [3.63, 3.8) is 0 Å². The summed E-state index contributed by atoms with van der Waals surface area (Å²) in [5.41, 5.74) is 7.95. The summed E-state index contributed by atoms with van der Waals surface area (Å²) in [5.74, 6) is 2.03. The Hall–Kier alpha value is -1.03. The van der Waals surface area contributed by atoms with E-state index in [2.05, 4.69) is 11.8 Å². The van der Waals surface area contributed by atoms with Crippen LogP contribution in [-0.4, -0.2) is 31.2 Å². The average molecular weight is 238 g/mol. The molecule has 4 heteroatoms. The lowest BCUT2D eigenvalue weighted by Crippen LogP contribution is -2.37. The van der Waals surface area contributed by atoms with E-state index in [1.165, 1.54) is 0 Å². The van der Waals surface area contributed by atoms with Crippen molar-refractivity contribution in [2.24, 2.45) is 0 Å². The lowest BCUT2D eigenvalue weighted by Gasteiger charge is -2.33. The molecule has 1 aliphatic heterocycles. The van der Waals surface area contributed by atoms with E-state index in [-0.39, 0.29) is 0 Å². The zero-order valence-electron chi connectivity index (χ0n) is 9.77. The van der Waals surface area contributed by atoms with Crippen LogP contribution in [0.5, 0.6) is 5.75 Å². The lowest BCUT2D eigenvalue weighted by atomic mass is 10.2. The molecule has 1 heterocycles. The fourth-order valence-corrected chi connectivity index (χ4v) is 2.98. The molecule has 3 nitrogen and oxygen atoms in total. The molecule has 0 radical (unpaired) electrons. The smallest absolute Gasteiger partial charge is 0.121 e. The van der Waals surface area contributed by atoms with Crippen LogP contribution in [0.3, 0.4) is 0 Å². The third-order valence-corrected chi connectivity index (χ3v) is 3.96. The number of rotatable bonds is 2. The number of anilines is 2. The zero-order valence-corrected chi connectivity index (χ0v) is 10.6. The lowest BCUT2D eigenvalue weighted by molar-refractivity contribution is 0.415. The van der Waals surface area contributed by atoms with Gasteiger partial charge in [0.1, 0.15) is 5.75 Å². The van der Waals surface area contributed by atoms with Gasteiger partial charge in [0.05, 0.1) is 18.5 Å². The second-order valence-electron chi connectivity index (χ2n) is 4.05. The minimum atomic E-state index is 0.666. The Morgan fingerprint density at radius 3 is 3.00 bits per heavy atom. The highest BCUT2D eigenvalue weighted by Gasteiger charge is 2.18. The highest BCUT2D eigenvalue weighted by atomic mass is 32.2. The molecule has 1 aliphatic rings. The van der Waals surface area contributed by atoms with Gasteiger partial charge >= 0.3 is 0 Å². The standard InChI is InChI=1S/C12H18N2OS/c1-9-8-14(5-6-16-9)12-7-10(15-2)3-4-11(12)13/h3-4,7,9H,5-6,8,13H2,1-2H3. The number of nitrogens with two attached hydrogens (primary N) is 1. The monoisotopic (exact) mass is 238 g/mol. The van der Waals surface area contributed by atoms with Crippen LogP contribution < -0.4 is 15.4 Å². The highest BCUT2D eigenvalue weighted by molar-refractivity contribution is 8.00. The summed E-state index contributed by atoms with van der Waals surface area (Å²) < 4.78 is 5.24. The van der Waals surface area contributed by atoms with E-state index in [0.717, 1.165) is 36.0 Å². The molecular weight excluding hydrogens is 220 g/mol. The molecular formula is C12H18N2OS. The number of hydrogen-bond acceptors (Lipinski definition) is 4. The summed E-state index contributed by atoms with van der Waals surface area (Å²) in [7, 11) is 1.68. The van der Waals surface area contributed by atoms with Gasteiger partial charge in [0.25, 0.3) is 0 Å².